The Labute approximate surface area is 56.1 Å². The maximum Gasteiger partial charge on any atom is 0.272 e. The van der Waals surface area contributed by atoms with Crippen molar-refractivity contribution >= 4 is 21.3 Å². The van der Waals surface area contributed by atoms with Gasteiger partial charge in [0, 0.05) is 5.75 Å². The molecule has 0 saturated heterocycles. The van der Waals surface area contributed by atoms with Crippen LogP contribution >= 0.6 is 10.5 Å². The fourth-order valence-corrected chi connectivity index (χ4v) is 1.71. The Hall–Kier alpha value is -0.350. The molecule has 0 saturated carbocycles. The molecule has 1 aliphatic heterocycles. The van der Waals surface area contributed by atoms with Crippen LogP contribution in [0.2, 0.25) is 0 Å². The molecule has 4 heteroatoms. The molecule has 1 aliphatic rings. The lowest BCUT2D eigenvalue weighted by Crippen LogP contribution is -2.13. The quantitative estimate of drug-likeness (QED) is 0.508. The Morgan fingerprint density at radius 1 is 1.78 bits per heavy atom. The van der Waals surface area contributed by atoms with Gasteiger partial charge in [-0.15, -0.1) is 0 Å². The van der Waals surface area contributed by atoms with Crippen molar-refractivity contribution < 1.29 is 9.53 Å². The van der Waals surface area contributed by atoms with Crippen LogP contribution in [0, 0.1) is 0 Å². The van der Waals surface area contributed by atoms with E-state index in [4.69, 9.17) is 10.5 Å². The Morgan fingerprint density at radius 3 is 2.89 bits per heavy atom. The number of nitrogens with two attached hydrogens (primary N) is 1. The Kier molecular flexibility index (Phi) is 2.24. The SMILES string of the molecule is NC(=O)S1=COCCC1. The molecule has 0 aromatic carbocycles. The minimum atomic E-state index is -0.405. The van der Waals surface area contributed by atoms with Crippen molar-refractivity contribution in [1.29, 1.82) is 0 Å². The molecule has 1 heterocycles. The van der Waals surface area contributed by atoms with Crippen LogP contribution in [0.3, 0.4) is 0 Å². The molecule has 0 aromatic heterocycles. The third kappa shape index (κ3) is 1.80. The maximum absolute atomic E-state index is 10.5. The lowest BCUT2D eigenvalue weighted by atomic mass is 10.5. The summed E-state index contributed by atoms with van der Waals surface area (Å²) in [5.41, 5.74) is 6.59. The highest BCUT2D eigenvalue weighted by Crippen LogP contribution is 2.15. The van der Waals surface area contributed by atoms with E-state index in [9.17, 15) is 4.79 Å². The highest BCUT2D eigenvalue weighted by molar-refractivity contribution is 8.27. The van der Waals surface area contributed by atoms with Crippen LogP contribution < -0.4 is 5.73 Å². The molecule has 2 N–H and O–H groups in total. The molecular formula is C5H9NO2S. The average molecular weight is 147 g/mol. The van der Waals surface area contributed by atoms with Gasteiger partial charge in [0.15, 0.2) is 0 Å². The maximum atomic E-state index is 10.5. The van der Waals surface area contributed by atoms with Crippen LogP contribution in [0.5, 0.6) is 0 Å². The van der Waals surface area contributed by atoms with Crippen molar-refractivity contribution in [2.75, 3.05) is 12.4 Å². The normalized spacial score (nSPS) is 26.9. The van der Waals surface area contributed by atoms with E-state index >= 15 is 0 Å². The summed E-state index contributed by atoms with van der Waals surface area (Å²) in [5.74, 6) is 0.870. The summed E-state index contributed by atoms with van der Waals surface area (Å²) in [6.45, 7) is 0.733. The molecule has 0 aliphatic carbocycles. The molecule has 52 valence electrons. The molecule has 9 heavy (non-hydrogen) atoms. The zero-order valence-corrected chi connectivity index (χ0v) is 5.82. The number of rotatable bonds is 0. The van der Waals surface area contributed by atoms with E-state index in [-0.39, 0.29) is 5.24 Å². The van der Waals surface area contributed by atoms with Gasteiger partial charge in [-0.1, -0.05) is 10.5 Å². The van der Waals surface area contributed by atoms with Crippen LogP contribution in [0.4, 0.5) is 4.79 Å². The minimum absolute atomic E-state index is 0.255. The molecule has 0 bridgehead atoms. The summed E-state index contributed by atoms with van der Waals surface area (Å²) in [5, 5.41) is -0.255. The number of amides is 1. The number of primary amides is 1. The highest BCUT2D eigenvalue weighted by Gasteiger charge is 2.06. The predicted molar refractivity (Wildman–Crippen MR) is 38.7 cm³/mol. The smallest absolute Gasteiger partial charge is 0.272 e. The van der Waals surface area contributed by atoms with Gasteiger partial charge >= 0.3 is 0 Å². The molecule has 0 aromatic rings. The summed E-state index contributed by atoms with van der Waals surface area (Å²) in [6.07, 6.45) is 0.947. The second-order valence-electron chi connectivity index (χ2n) is 1.77. The van der Waals surface area contributed by atoms with Gasteiger partial charge in [0.1, 0.15) is 0 Å². The molecule has 1 unspecified atom stereocenters. The van der Waals surface area contributed by atoms with Gasteiger partial charge in [-0.2, -0.15) is 0 Å². The van der Waals surface area contributed by atoms with E-state index in [0.717, 1.165) is 18.8 Å². The molecular weight excluding hydrogens is 138 g/mol. The monoisotopic (exact) mass is 147 g/mol. The molecule has 1 rings (SSSR count). The van der Waals surface area contributed by atoms with E-state index in [2.05, 4.69) is 0 Å². The Balaban J connectivity index is 2.57. The summed E-state index contributed by atoms with van der Waals surface area (Å²) < 4.78 is 4.93. The van der Waals surface area contributed by atoms with Gasteiger partial charge in [-0.3, -0.25) is 4.79 Å². The fourth-order valence-electron chi connectivity index (χ4n) is 0.624. The Morgan fingerprint density at radius 2 is 2.56 bits per heavy atom. The molecule has 0 spiro atoms. The Bertz CT molecular complexity index is 155. The van der Waals surface area contributed by atoms with E-state index in [1.165, 1.54) is 0 Å². The van der Waals surface area contributed by atoms with Crippen molar-refractivity contribution in [3.63, 3.8) is 0 Å². The van der Waals surface area contributed by atoms with Crippen molar-refractivity contribution in [2.45, 2.75) is 6.42 Å². The highest BCUT2D eigenvalue weighted by atomic mass is 32.2. The number of carbonyl (C=O) groups excluding carboxylic acids is 1. The zero-order valence-electron chi connectivity index (χ0n) is 5.00. The molecule has 1 atom stereocenters. The van der Waals surface area contributed by atoms with Crippen LogP contribution in [0.25, 0.3) is 0 Å². The van der Waals surface area contributed by atoms with E-state index in [1.807, 2.05) is 0 Å². The molecule has 1 amide bonds. The van der Waals surface area contributed by atoms with E-state index in [0.29, 0.717) is 0 Å². The first kappa shape index (κ1) is 6.77. The number of hydrogen-bond acceptors (Lipinski definition) is 2. The minimum Gasteiger partial charge on any atom is -0.361 e. The number of carbonyl (C=O) groups is 1. The largest absolute Gasteiger partial charge is 0.361 e. The van der Waals surface area contributed by atoms with Crippen molar-refractivity contribution in [3.05, 3.63) is 0 Å². The van der Waals surface area contributed by atoms with Gasteiger partial charge in [0.05, 0.1) is 12.2 Å². The van der Waals surface area contributed by atoms with Crippen molar-refractivity contribution in [3.8, 4) is 0 Å². The number of ether oxygens (including phenoxy) is 1. The van der Waals surface area contributed by atoms with Gasteiger partial charge in [0.2, 0.25) is 0 Å². The van der Waals surface area contributed by atoms with Crippen LogP contribution in [-0.2, 0) is 4.74 Å². The summed E-state index contributed by atoms with van der Waals surface area (Å²) >= 11 is 0. The lowest BCUT2D eigenvalue weighted by Gasteiger charge is -2.09. The first-order valence-electron chi connectivity index (χ1n) is 2.75. The number of hydrogen-bond donors (Lipinski definition) is 1. The van der Waals surface area contributed by atoms with Crippen molar-refractivity contribution in [1.82, 2.24) is 0 Å². The standard InChI is InChI=1S/C5H9NO2S/c6-5(7)9-3-1-2-8-4-9/h4H,1-3H2,(H2,6,7). The topological polar surface area (TPSA) is 52.3 Å². The molecule has 0 radical (unpaired) electrons. The second kappa shape index (κ2) is 2.98. The molecule has 0 fully saturated rings. The van der Waals surface area contributed by atoms with Crippen LogP contribution in [0.1, 0.15) is 6.42 Å². The van der Waals surface area contributed by atoms with Gasteiger partial charge in [0.25, 0.3) is 5.24 Å². The van der Waals surface area contributed by atoms with Crippen molar-refractivity contribution in [2.24, 2.45) is 5.73 Å². The molecule has 3 nitrogen and oxygen atoms in total. The zero-order chi connectivity index (χ0) is 6.69. The lowest BCUT2D eigenvalue weighted by molar-refractivity contribution is 0.266. The van der Waals surface area contributed by atoms with Gasteiger partial charge in [-0.05, 0) is 6.42 Å². The second-order valence-corrected chi connectivity index (χ2v) is 3.63. The fraction of sp³-hybridized carbons (Fsp3) is 0.600. The van der Waals surface area contributed by atoms with Crippen LogP contribution in [0.15, 0.2) is 0 Å². The first-order valence-corrected chi connectivity index (χ1v) is 4.20. The first-order chi connectivity index (χ1) is 4.30. The van der Waals surface area contributed by atoms with Gasteiger partial charge in [-0.25, -0.2) is 0 Å². The summed E-state index contributed by atoms with van der Waals surface area (Å²) in [6, 6.07) is 0. The summed E-state index contributed by atoms with van der Waals surface area (Å²) in [7, 11) is -0.405. The predicted octanol–water partition coefficient (Wildman–Crippen LogP) is 0.514. The van der Waals surface area contributed by atoms with Crippen LogP contribution in [-0.4, -0.2) is 23.2 Å². The van der Waals surface area contributed by atoms with E-state index in [1.54, 1.807) is 5.55 Å². The average Bonchev–Trinajstić information content (AvgIpc) is 1.90. The third-order valence-corrected chi connectivity index (χ3v) is 2.68. The van der Waals surface area contributed by atoms with E-state index < -0.39 is 10.5 Å². The van der Waals surface area contributed by atoms with Gasteiger partial charge < -0.3 is 10.5 Å². The summed E-state index contributed by atoms with van der Waals surface area (Å²) in [4.78, 5) is 10.5. The third-order valence-electron chi connectivity index (χ3n) is 1.07.